The van der Waals surface area contributed by atoms with E-state index in [9.17, 15) is 15.0 Å². The second-order valence-corrected chi connectivity index (χ2v) is 4.62. The molecule has 2 N–H and O–H groups in total. The number of carbonyl (C=O) groups is 1. The molecule has 1 aliphatic heterocycles. The minimum absolute atomic E-state index is 0.234. The van der Waals surface area contributed by atoms with E-state index in [-0.39, 0.29) is 12.2 Å². The minimum atomic E-state index is -1.41. The molecule has 15 heavy (non-hydrogen) atoms. The predicted octanol–water partition coefficient (Wildman–Crippen LogP) is 0.966. The molecule has 0 bridgehead atoms. The number of carbonyl (C=O) groups excluding carboxylic acids is 1. The Kier molecular flexibility index (Phi) is 2.46. The molecule has 1 fully saturated rings. The van der Waals surface area contributed by atoms with Crippen molar-refractivity contribution in [1.29, 1.82) is 0 Å². The van der Waals surface area contributed by atoms with Crippen molar-refractivity contribution in [3.05, 3.63) is 11.5 Å². The molecule has 0 radical (unpaired) electrons. The highest BCUT2D eigenvalue weighted by atomic mass is 16.3. The molecule has 1 atom stereocenters. The van der Waals surface area contributed by atoms with Crippen LogP contribution in [0.3, 0.4) is 0 Å². The number of hydrogen-bond donors (Lipinski definition) is 2. The van der Waals surface area contributed by atoms with Gasteiger partial charge in [-0.1, -0.05) is 0 Å². The number of ketones is 1. The van der Waals surface area contributed by atoms with E-state index in [1.165, 1.54) is 13.3 Å². The second kappa shape index (κ2) is 3.52. The van der Waals surface area contributed by atoms with Gasteiger partial charge < -0.3 is 15.1 Å². The van der Waals surface area contributed by atoms with Crippen LogP contribution in [0.15, 0.2) is 11.5 Å². The molecular formula is C11H17NO3. The maximum absolute atomic E-state index is 11.5. The normalized spacial score (nSPS) is 32.7. The molecule has 4 nitrogen and oxygen atoms in total. The first kappa shape index (κ1) is 10.5. The Morgan fingerprint density at radius 1 is 1.27 bits per heavy atom. The summed E-state index contributed by atoms with van der Waals surface area (Å²) in [6.45, 7) is 3.22. The van der Waals surface area contributed by atoms with Crippen LogP contribution in [0.25, 0.3) is 0 Å². The van der Waals surface area contributed by atoms with Gasteiger partial charge in [-0.3, -0.25) is 4.79 Å². The highest BCUT2D eigenvalue weighted by Crippen LogP contribution is 2.33. The van der Waals surface area contributed by atoms with Gasteiger partial charge >= 0.3 is 0 Å². The Morgan fingerprint density at radius 2 is 1.87 bits per heavy atom. The Morgan fingerprint density at radius 3 is 2.33 bits per heavy atom. The van der Waals surface area contributed by atoms with E-state index in [1.807, 2.05) is 4.90 Å². The van der Waals surface area contributed by atoms with Crippen molar-refractivity contribution in [2.75, 3.05) is 13.1 Å². The van der Waals surface area contributed by atoms with Crippen molar-refractivity contribution in [3.8, 4) is 0 Å². The fraction of sp³-hybridized carbons (Fsp3) is 0.727. The zero-order valence-electron chi connectivity index (χ0n) is 8.99. The van der Waals surface area contributed by atoms with Crippen LogP contribution in [0, 0.1) is 0 Å². The van der Waals surface area contributed by atoms with Crippen molar-refractivity contribution in [2.45, 2.75) is 38.2 Å². The summed E-state index contributed by atoms with van der Waals surface area (Å²) in [6.07, 6.45) is 3.63. The molecule has 0 saturated carbocycles. The van der Waals surface area contributed by atoms with Crippen molar-refractivity contribution in [2.24, 2.45) is 0 Å². The van der Waals surface area contributed by atoms with Gasteiger partial charge in [-0.2, -0.15) is 0 Å². The summed E-state index contributed by atoms with van der Waals surface area (Å²) in [7, 11) is 0. The van der Waals surface area contributed by atoms with Crippen molar-refractivity contribution >= 4 is 5.78 Å². The smallest absolute Gasteiger partial charge is 0.230 e. The number of likely N-dealkylation sites (tertiary alicyclic amines) is 1. The fourth-order valence-electron chi connectivity index (χ4n) is 2.30. The summed E-state index contributed by atoms with van der Waals surface area (Å²) in [4.78, 5) is 13.5. The lowest BCUT2D eigenvalue weighted by atomic mass is 10.0. The van der Waals surface area contributed by atoms with E-state index in [0.29, 0.717) is 5.70 Å². The van der Waals surface area contributed by atoms with Gasteiger partial charge in [-0.15, -0.1) is 0 Å². The SMILES string of the molecule is CC1(O)CC(N2CCCCC2)=C(O)C1=O. The van der Waals surface area contributed by atoms with Crippen LogP contribution in [0.1, 0.15) is 32.6 Å². The summed E-state index contributed by atoms with van der Waals surface area (Å²) in [5.74, 6) is -0.773. The van der Waals surface area contributed by atoms with E-state index >= 15 is 0 Å². The lowest BCUT2D eigenvalue weighted by molar-refractivity contribution is -0.132. The first-order valence-electron chi connectivity index (χ1n) is 5.46. The molecule has 0 aromatic heterocycles. The Balaban J connectivity index is 2.19. The van der Waals surface area contributed by atoms with Crippen LogP contribution in [0.2, 0.25) is 0 Å². The molecule has 2 rings (SSSR count). The number of rotatable bonds is 1. The molecule has 1 heterocycles. The molecule has 1 aliphatic carbocycles. The van der Waals surface area contributed by atoms with Gasteiger partial charge in [-0.25, -0.2) is 0 Å². The average molecular weight is 211 g/mol. The van der Waals surface area contributed by atoms with Crippen LogP contribution in [-0.2, 0) is 4.79 Å². The van der Waals surface area contributed by atoms with Gasteiger partial charge in [0.15, 0.2) is 5.76 Å². The first-order chi connectivity index (χ1) is 7.02. The van der Waals surface area contributed by atoms with E-state index in [2.05, 4.69) is 0 Å². The maximum atomic E-state index is 11.5. The minimum Gasteiger partial charge on any atom is -0.503 e. The molecule has 0 amide bonds. The topological polar surface area (TPSA) is 60.8 Å². The largest absolute Gasteiger partial charge is 0.503 e. The molecule has 0 aromatic carbocycles. The lowest BCUT2D eigenvalue weighted by Gasteiger charge is -2.30. The van der Waals surface area contributed by atoms with E-state index in [1.54, 1.807) is 0 Å². The highest BCUT2D eigenvalue weighted by Gasteiger charge is 2.43. The fourth-order valence-corrected chi connectivity index (χ4v) is 2.30. The monoisotopic (exact) mass is 211 g/mol. The number of aliphatic hydroxyl groups excluding tert-OH is 1. The van der Waals surface area contributed by atoms with Gasteiger partial charge in [0.05, 0.1) is 5.70 Å². The van der Waals surface area contributed by atoms with Gasteiger partial charge in [0.1, 0.15) is 5.60 Å². The van der Waals surface area contributed by atoms with Crippen LogP contribution in [-0.4, -0.2) is 39.6 Å². The number of piperidine rings is 1. The molecule has 0 aromatic rings. The molecule has 84 valence electrons. The van der Waals surface area contributed by atoms with Crippen LogP contribution in [0.4, 0.5) is 0 Å². The summed E-state index contributed by atoms with van der Waals surface area (Å²) in [6, 6.07) is 0. The molecule has 1 unspecified atom stereocenters. The second-order valence-electron chi connectivity index (χ2n) is 4.62. The van der Waals surface area contributed by atoms with Gasteiger partial charge in [0.2, 0.25) is 5.78 Å². The van der Waals surface area contributed by atoms with Gasteiger partial charge in [-0.05, 0) is 26.2 Å². The van der Waals surface area contributed by atoms with Crippen LogP contribution in [0.5, 0.6) is 0 Å². The predicted molar refractivity (Wildman–Crippen MR) is 55.3 cm³/mol. The van der Waals surface area contributed by atoms with E-state index in [0.717, 1.165) is 25.9 Å². The van der Waals surface area contributed by atoms with Crippen LogP contribution < -0.4 is 0 Å². The number of aliphatic hydroxyl groups is 2. The van der Waals surface area contributed by atoms with Crippen LogP contribution >= 0.6 is 0 Å². The van der Waals surface area contributed by atoms with Gasteiger partial charge in [0.25, 0.3) is 0 Å². The average Bonchev–Trinajstić information content (AvgIpc) is 2.44. The highest BCUT2D eigenvalue weighted by molar-refractivity contribution is 6.02. The Bertz CT molecular complexity index is 314. The zero-order valence-corrected chi connectivity index (χ0v) is 8.99. The maximum Gasteiger partial charge on any atom is 0.230 e. The molecular weight excluding hydrogens is 194 g/mol. The molecule has 0 spiro atoms. The summed E-state index contributed by atoms with van der Waals surface area (Å²) in [5, 5.41) is 19.4. The molecule has 4 heteroatoms. The van der Waals surface area contributed by atoms with E-state index in [4.69, 9.17) is 0 Å². The summed E-state index contributed by atoms with van der Waals surface area (Å²) in [5.41, 5.74) is -0.777. The third-order valence-electron chi connectivity index (χ3n) is 3.23. The van der Waals surface area contributed by atoms with E-state index < -0.39 is 11.4 Å². The first-order valence-corrected chi connectivity index (χ1v) is 5.46. The van der Waals surface area contributed by atoms with Crippen molar-refractivity contribution < 1.29 is 15.0 Å². The summed E-state index contributed by atoms with van der Waals surface area (Å²) < 4.78 is 0. The van der Waals surface area contributed by atoms with Crippen molar-refractivity contribution in [3.63, 3.8) is 0 Å². The third-order valence-corrected chi connectivity index (χ3v) is 3.23. The van der Waals surface area contributed by atoms with Gasteiger partial charge in [0, 0.05) is 19.5 Å². The standard InChI is InChI=1S/C11H17NO3/c1-11(15)7-8(9(13)10(11)14)12-5-3-2-4-6-12/h13,15H,2-7H2,1H3. The summed E-state index contributed by atoms with van der Waals surface area (Å²) >= 11 is 0. The lowest BCUT2D eigenvalue weighted by Crippen LogP contribution is -2.33. The molecule has 2 aliphatic rings. The zero-order chi connectivity index (χ0) is 11.1. The van der Waals surface area contributed by atoms with Crippen molar-refractivity contribution in [1.82, 2.24) is 4.90 Å². The quantitative estimate of drug-likeness (QED) is 0.678. The Hall–Kier alpha value is -1.03. The third kappa shape index (κ3) is 1.74. The number of Topliss-reactive ketones (excluding diaryl/α,β-unsaturated/α-hetero) is 1. The Labute approximate surface area is 89.2 Å². The molecule has 1 saturated heterocycles. The number of hydrogen-bond acceptors (Lipinski definition) is 4. The number of nitrogens with zero attached hydrogens (tertiary/aromatic N) is 1.